The fourth-order valence-electron chi connectivity index (χ4n) is 4.42. The van der Waals surface area contributed by atoms with Gasteiger partial charge in [-0.15, -0.1) is 0 Å². The second-order valence-electron chi connectivity index (χ2n) is 11.1. The molecule has 0 spiro atoms. The highest BCUT2D eigenvalue weighted by Crippen LogP contribution is 2.23. The Morgan fingerprint density at radius 3 is 2.29 bits per heavy atom. The van der Waals surface area contributed by atoms with E-state index in [4.69, 9.17) is 5.41 Å². The zero-order chi connectivity index (χ0) is 30.0. The van der Waals surface area contributed by atoms with E-state index in [0.717, 1.165) is 34.7 Å². The molecule has 0 saturated heterocycles. The largest absolute Gasteiger partial charge is 0.334 e. The molecule has 0 atom stereocenters. The molecule has 8 heteroatoms. The zero-order valence-electron chi connectivity index (χ0n) is 24.9. The van der Waals surface area contributed by atoms with Crippen LogP contribution in [-0.4, -0.2) is 33.3 Å². The summed E-state index contributed by atoms with van der Waals surface area (Å²) in [7, 11) is 0. The molecule has 0 aliphatic heterocycles. The average Bonchev–Trinajstić information content (AvgIpc) is 3.00. The number of nitrogens with one attached hydrogen (secondary N) is 3. The van der Waals surface area contributed by atoms with Gasteiger partial charge in [-0.05, 0) is 72.0 Å². The Morgan fingerprint density at radius 2 is 1.62 bits per heavy atom. The van der Waals surface area contributed by atoms with Gasteiger partial charge in [0.25, 0.3) is 0 Å². The van der Waals surface area contributed by atoms with Gasteiger partial charge in [-0.2, -0.15) is 0 Å². The lowest BCUT2D eigenvalue weighted by atomic mass is 9.87. The summed E-state index contributed by atoms with van der Waals surface area (Å²) in [6, 6.07) is 28.3. The number of anilines is 1. The molecule has 2 amide bonds. The molecule has 0 saturated carbocycles. The molecule has 218 valence electrons. The summed E-state index contributed by atoms with van der Waals surface area (Å²) in [6.07, 6.45) is 3.88. The molecule has 4 rings (SSSR count). The molecular formula is C34H40N6OS. The molecule has 0 aliphatic carbocycles. The Balaban J connectivity index is 1.23. The first-order chi connectivity index (χ1) is 20.2. The molecule has 0 bridgehead atoms. The van der Waals surface area contributed by atoms with Crippen LogP contribution in [0.2, 0.25) is 0 Å². The van der Waals surface area contributed by atoms with E-state index in [0.29, 0.717) is 31.2 Å². The van der Waals surface area contributed by atoms with E-state index in [2.05, 4.69) is 77.2 Å². The quantitative estimate of drug-likeness (QED) is 0.0947. The minimum Gasteiger partial charge on any atom is -0.334 e. The number of nitrogens with zero attached hydrogens (tertiary/aromatic N) is 3. The van der Waals surface area contributed by atoms with E-state index < -0.39 is 0 Å². The lowest BCUT2D eigenvalue weighted by molar-refractivity contribution is 0.221. The monoisotopic (exact) mass is 580 g/mol. The van der Waals surface area contributed by atoms with Crippen LogP contribution < -0.4 is 10.0 Å². The minimum absolute atomic E-state index is 0.0953. The third kappa shape index (κ3) is 8.91. The number of carbonyl (C=O) groups excluding carboxylic acids is 1. The van der Waals surface area contributed by atoms with Crippen molar-refractivity contribution >= 4 is 29.6 Å². The third-order valence-corrected chi connectivity index (χ3v) is 7.73. The van der Waals surface area contributed by atoms with Crippen LogP contribution in [0.4, 0.5) is 10.6 Å². The maximum Gasteiger partial charge on any atom is 0.323 e. The third-order valence-electron chi connectivity index (χ3n) is 6.91. The lowest BCUT2D eigenvalue weighted by Crippen LogP contribution is -2.43. The van der Waals surface area contributed by atoms with Gasteiger partial charge >= 0.3 is 6.03 Å². The van der Waals surface area contributed by atoms with Crippen molar-refractivity contribution in [1.82, 2.24) is 20.2 Å². The van der Waals surface area contributed by atoms with Crippen LogP contribution in [0.1, 0.15) is 57.2 Å². The molecule has 0 unspecified atom stereocenters. The smallest absolute Gasteiger partial charge is 0.323 e. The van der Waals surface area contributed by atoms with Crippen molar-refractivity contribution in [3.63, 3.8) is 0 Å². The summed E-state index contributed by atoms with van der Waals surface area (Å²) < 4.78 is 3.28. The van der Waals surface area contributed by atoms with Crippen LogP contribution >= 0.6 is 11.9 Å². The number of amides is 2. The molecule has 7 nitrogen and oxygen atoms in total. The molecule has 0 radical (unpaired) electrons. The van der Waals surface area contributed by atoms with E-state index in [-0.39, 0.29) is 11.4 Å². The van der Waals surface area contributed by atoms with E-state index >= 15 is 0 Å². The Labute approximate surface area is 253 Å². The summed E-state index contributed by atoms with van der Waals surface area (Å²) in [4.78, 5) is 24.5. The summed E-state index contributed by atoms with van der Waals surface area (Å²) in [5, 5.41) is 11.5. The molecule has 4 aromatic rings. The summed E-state index contributed by atoms with van der Waals surface area (Å²) in [6.45, 7) is 9.35. The fourth-order valence-corrected chi connectivity index (χ4v) is 5.05. The standard InChI is InChI=1S/C34H40N6OS/c1-5-40(33(41)37-24-26-16-20-28(21-17-26)34(2,3)4)30(35)13-9-10-25-14-18-27(19-15-25)32-36-23-22-31(38-32)39-42-29-11-7-6-8-12-29/h6-8,11-12,14-23,35H,5,9-10,13,24H2,1-4H3,(H,37,41)(H,36,38,39). The average molecular weight is 581 g/mol. The summed E-state index contributed by atoms with van der Waals surface area (Å²) >= 11 is 1.51. The topological polar surface area (TPSA) is 94.0 Å². The van der Waals surface area contributed by atoms with Gasteiger partial charge in [-0.3, -0.25) is 10.3 Å². The fraction of sp³-hybridized carbons (Fsp3) is 0.294. The molecule has 1 heterocycles. The number of carbonyl (C=O) groups is 1. The van der Waals surface area contributed by atoms with Crippen LogP contribution in [0.5, 0.6) is 0 Å². The Morgan fingerprint density at radius 1 is 0.929 bits per heavy atom. The summed E-state index contributed by atoms with van der Waals surface area (Å²) in [5.74, 6) is 1.75. The van der Waals surface area contributed by atoms with Gasteiger partial charge in [0, 0.05) is 36.2 Å². The minimum atomic E-state index is -0.231. The van der Waals surface area contributed by atoms with Crippen LogP contribution in [0.15, 0.2) is 96.0 Å². The number of amidine groups is 1. The van der Waals surface area contributed by atoms with Crippen LogP contribution in [0, 0.1) is 5.41 Å². The zero-order valence-corrected chi connectivity index (χ0v) is 25.7. The second kappa shape index (κ2) is 14.6. The van der Waals surface area contributed by atoms with Crippen molar-refractivity contribution in [2.24, 2.45) is 0 Å². The highest BCUT2D eigenvalue weighted by molar-refractivity contribution is 8.00. The van der Waals surface area contributed by atoms with E-state index in [1.807, 2.05) is 55.5 Å². The van der Waals surface area contributed by atoms with Crippen molar-refractivity contribution < 1.29 is 4.79 Å². The Bertz CT molecular complexity index is 1450. The number of aromatic nitrogens is 2. The molecule has 3 aromatic carbocycles. The van der Waals surface area contributed by atoms with Gasteiger partial charge in [0.05, 0.1) is 0 Å². The van der Waals surface area contributed by atoms with Gasteiger partial charge in [0.2, 0.25) is 0 Å². The molecule has 42 heavy (non-hydrogen) atoms. The Hall–Kier alpha value is -4.17. The first kappa shape index (κ1) is 30.8. The maximum atomic E-state index is 12.8. The van der Waals surface area contributed by atoms with Gasteiger partial charge < -0.3 is 10.0 Å². The summed E-state index contributed by atoms with van der Waals surface area (Å²) in [5.41, 5.74) is 4.52. The predicted octanol–water partition coefficient (Wildman–Crippen LogP) is 8.09. The molecule has 0 aliphatic rings. The maximum absolute atomic E-state index is 12.8. The number of aryl methyl sites for hydroxylation is 1. The predicted molar refractivity (Wildman–Crippen MR) is 174 cm³/mol. The van der Waals surface area contributed by atoms with Crippen LogP contribution in [-0.2, 0) is 18.4 Å². The van der Waals surface area contributed by atoms with Gasteiger partial charge in [0.1, 0.15) is 11.7 Å². The van der Waals surface area contributed by atoms with Crippen LogP contribution in [0.3, 0.4) is 0 Å². The number of benzene rings is 3. The highest BCUT2D eigenvalue weighted by Gasteiger charge is 2.17. The van der Waals surface area contributed by atoms with Crippen LogP contribution in [0.25, 0.3) is 11.4 Å². The van der Waals surface area contributed by atoms with Gasteiger partial charge in [-0.1, -0.05) is 87.5 Å². The highest BCUT2D eigenvalue weighted by atomic mass is 32.2. The van der Waals surface area contributed by atoms with Crippen molar-refractivity contribution in [3.05, 3.63) is 108 Å². The van der Waals surface area contributed by atoms with E-state index in [1.54, 1.807) is 6.20 Å². The SMILES string of the molecule is CCN(C(=N)CCCc1ccc(-c2nccc(NSc3ccccc3)n2)cc1)C(=O)NCc1ccc(C(C)(C)C)cc1. The van der Waals surface area contributed by atoms with Crippen molar-refractivity contribution in [2.45, 2.75) is 63.8 Å². The number of hydrogen-bond acceptors (Lipinski definition) is 6. The molecule has 1 aromatic heterocycles. The lowest BCUT2D eigenvalue weighted by Gasteiger charge is -2.22. The molecule has 3 N–H and O–H groups in total. The second-order valence-corrected chi connectivity index (χ2v) is 12.0. The first-order valence-corrected chi connectivity index (χ1v) is 15.2. The van der Waals surface area contributed by atoms with E-state index in [1.165, 1.54) is 28.0 Å². The number of urea groups is 1. The number of rotatable bonds is 11. The molecule has 0 fully saturated rings. The van der Waals surface area contributed by atoms with Gasteiger partial charge in [-0.25, -0.2) is 14.8 Å². The van der Waals surface area contributed by atoms with Gasteiger partial charge in [0.15, 0.2) is 5.82 Å². The van der Waals surface area contributed by atoms with E-state index in [9.17, 15) is 4.79 Å². The van der Waals surface area contributed by atoms with Crippen molar-refractivity contribution in [3.8, 4) is 11.4 Å². The molecular weight excluding hydrogens is 540 g/mol. The van der Waals surface area contributed by atoms with Crippen molar-refractivity contribution in [2.75, 3.05) is 11.3 Å². The number of hydrogen-bond donors (Lipinski definition) is 3. The Kier molecular flexibility index (Phi) is 10.7. The normalized spacial score (nSPS) is 11.1. The van der Waals surface area contributed by atoms with Crippen molar-refractivity contribution in [1.29, 1.82) is 5.41 Å². The first-order valence-electron chi connectivity index (χ1n) is 14.4.